The molecular formula is C15H22N2O4. The van der Waals surface area contributed by atoms with Crippen molar-refractivity contribution in [2.24, 2.45) is 5.92 Å². The highest BCUT2D eigenvalue weighted by Crippen LogP contribution is 2.35. The molecule has 0 aromatic heterocycles. The van der Waals surface area contributed by atoms with Crippen molar-refractivity contribution in [1.82, 2.24) is 9.80 Å². The minimum Gasteiger partial charge on any atom is -0.480 e. The highest BCUT2D eigenvalue weighted by atomic mass is 16.4. The lowest BCUT2D eigenvalue weighted by atomic mass is 9.87. The fourth-order valence-electron chi connectivity index (χ4n) is 3.55. The predicted octanol–water partition coefficient (Wildman–Crippen LogP) is 0.853. The maximum atomic E-state index is 12.7. The Bertz CT molecular complexity index is 488. The van der Waals surface area contributed by atoms with Gasteiger partial charge in [0.25, 0.3) is 0 Å². The number of aliphatic carboxylic acids is 1. The molecule has 2 heterocycles. The molecule has 0 aromatic carbocycles. The quantitative estimate of drug-likeness (QED) is 0.837. The zero-order valence-electron chi connectivity index (χ0n) is 12.4. The second-order valence-electron chi connectivity index (χ2n) is 6.70. The fourth-order valence-corrected chi connectivity index (χ4v) is 3.55. The zero-order valence-corrected chi connectivity index (χ0v) is 12.4. The maximum absolute atomic E-state index is 12.7. The number of carboxylic acid groups (broad SMARTS) is 1. The lowest BCUT2D eigenvalue weighted by Gasteiger charge is -2.42. The second-order valence-corrected chi connectivity index (χ2v) is 6.70. The Kier molecular flexibility index (Phi) is 3.42. The standard InChI is InChI=1S/C15H22N2O4/c1-15(14(20)21)6-2-3-7-17(15)13(19)10-8-12(18)16(9-10)11-4-5-11/h10-11H,2-9H2,1H3,(H,20,21). The number of hydrogen-bond donors (Lipinski definition) is 1. The average molecular weight is 294 g/mol. The van der Waals surface area contributed by atoms with Gasteiger partial charge in [0.2, 0.25) is 11.8 Å². The first-order valence-electron chi connectivity index (χ1n) is 7.78. The maximum Gasteiger partial charge on any atom is 0.329 e. The molecule has 0 aromatic rings. The van der Waals surface area contributed by atoms with Gasteiger partial charge < -0.3 is 14.9 Å². The van der Waals surface area contributed by atoms with E-state index >= 15 is 0 Å². The van der Waals surface area contributed by atoms with Crippen molar-refractivity contribution in [3.8, 4) is 0 Å². The molecular weight excluding hydrogens is 272 g/mol. The molecule has 116 valence electrons. The molecule has 2 unspecified atom stereocenters. The summed E-state index contributed by atoms with van der Waals surface area (Å²) in [5.41, 5.74) is -1.12. The van der Waals surface area contributed by atoms with Crippen molar-refractivity contribution in [2.75, 3.05) is 13.1 Å². The Labute approximate surface area is 124 Å². The Morgan fingerprint density at radius 1 is 1.29 bits per heavy atom. The number of rotatable bonds is 3. The van der Waals surface area contributed by atoms with E-state index < -0.39 is 11.5 Å². The molecule has 6 nitrogen and oxygen atoms in total. The van der Waals surface area contributed by atoms with Gasteiger partial charge in [-0.1, -0.05) is 0 Å². The van der Waals surface area contributed by atoms with Crippen LogP contribution in [0, 0.1) is 5.92 Å². The number of carbonyl (C=O) groups is 3. The molecule has 1 N–H and O–H groups in total. The number of amides is 2. The molecule has 2 atom stereocenters. The smallest absolute Gasteiger partial charge is 0.329 e. The van der Waals surface area contributed by atoms with Crippen molar-refractivity contribution in [3.05, 3.63) is 0 Å². The van der Waals surface area contributed by atoms with Crippen molar-refractivity contribution in [1.29, 1.82) is 0 Å². The summed E-state index contributed by atoms with van der Waals surface area (Å²) < 4.78 is 0. The molecule has 3 fully saturated rings. The largest absolute Gasteiger partial charge is 0.480 e. The highest BCUT2D eigenvalue weighted by molar-refractivity contribution is 5.93. The number of carboxylic acids is 1. The van der Waals surface area contributed by atoms with Gasteiger partial charge in [-0.25, -0.2) is 4.79 Å². The van der Waals surface area contributed by atoms with Crippen LogP contribution >= 0.6 is 0 Å². The first-order valence-corrected chi connectivity index (χ1v) is 7.78. The Balaban J connectivity index is 1.74. The Morgan fingerprint density at radius 2 is 2.00 bits per heavy atom. The monoisotopic (exact) mass is 294 g/mol. The molecule has 0 radical (unpaired) electrons. The van der Waals surface area contributed by atoms with Gasteiger partial charge in [-0.05, 0) is 39.0 Å². The van der Waals surface area contributed by atoms with Crippen LogP contribution < -0.4 is 0 Å². The summed E-state index contributed by atoms with van der Waals surface area (Å²) in [5, 5.41) is 9.49. The summed E-state index contributed by atoms with van der Waals surface area (Å²) in [5.74, 6) is -1.42. The van der Waals surface area contributed by atoms with Crippen LogP contribution in [0.5, 0.6) is 0 Å². The van der Waals surface area contributed by atoms with Gasteiger partial charge in [0.05, 0.1) is 5.92 Å². The van der Waals surface area contributed by atoms with Crippen LogP contribution in [0.1, 0.15) is 45.4 Å². The molecule has 2 saturated heterocycles. The Hall–Kier alpha value is -1.59. The van der Waals surface area contributed by atoms with Gasteiger partial charge in [0.15, 0.2) is 0 Å². The topological polar surface area (TPSA) is 77.9 Å². The molecule has 6 heteroatoms. The lowest BCUT2D eigenvalue weighted by Crippen LogP contribution is -2.59. The van der Waals surface area contributed by atoms with Gasteiger partial charge in [0, 0.05) is 25.6 Å². The van der Waals surface area contributed by atoms with E-state index in [0.29, 0.717) is 25.6 Å². The third-order valence-electron chi connectivity index (χ3n) is 5.11. The number of hydrogen-bond acceptors (Lipinski definition) is 3. The van der Waals surface area contributed by atoms with Crippen LogP contribution in [0.15, 0.2) is 0 Å². The molecule has 0 spiro atoms. The van der Waals surface area contributed by atoms with Gasteiger partial charge in [-0.15, -0.1) is 0 Å². The summed E-state index contributed by atoms with van der Waals surface area (Å²) in [6.45, 7) is 2.58. The molecule has 0 bridgehead atoms. The second kappa shape index (κ2) is 5.00. The fraction of sp³-hybridized carbons (Fsp3) is 0.800. The van der Waals surface area contributed by atoms with E-state index in [4.69, 9.17) is 0 Å². The highest BCUT2D eigenvalue weighted by Gasteiger charge is 2.49. The average Bonchev–Trinajstić information content (AvgIpc) is 3.21. The molecule has 2 aliphatic heterocycles. The van der Waals surface area contributed by atoms with Crippen molar-refractivity contribution in [3.63, 3.8) is 0 Å². The Morgan fingerprint density at radius 3 is 2.62 bits per heavy atom. The van der Waals surface area contributed by atoms with E-state index in [2.05, 4.69) is 0 Å². The minimum absolute atomic E-state index is 0.0462. The van der Waals surface area contributed by atoms with E-state index in [0.717, 1.165) is 25.7 Å². The van der Waals surface area contributed by atoms with E-state index in [1.807, 2.05) is 4.90 Å². The molecule has 3 aliphatic rings. The third-order valence-corrected chi connectivity index (χ3v) is 5.11. The zero-order chi connectivity index (χ0) is 15.2. The van der Waals surface area contributed by atoms with E-state index in [9.17, 15) is 19.5 Å². The van der Waals surface area contributed by atoms with Crippen LogP contribution in [0.3, 0.4) is 0 Å². The van der Waals surface area contributed by atoms with Crippen LogP contribution in [0.4, 0.5) is 0 Å². The van der Waals surface area contributed by atoms with Crippen LogP contribution in [0.2, 0.25) is 0 Å². The summed E-state index contributed by atoms with van der Waals surface area (Å²) in [6.07, 6.45) is 4.45. The summed E-state index contributed by atoms with van der Waals surface area (Å²) >= 11 is 0. The number of likely N-dealkylation sites (tertiary alicyclic amines) is 2. The summed E-state index contributed by atoms with van der Waals surface area (Å²) in [4.78, 5) is 39.6. The first-order chi connectivity index (χ1) is 9.93. The van der Waals surface area contributed by atoms with Gasteiger partial charge in [0.1, 0.15) is 5.54 Å². The minimum atomic E-state index is -1.12. The number of piperidine rings is 1. The summed E-state index contributed by atoms with van der Waals surface area (Å²) in [7, 11) is 0. The van der Waals surface area contributed by atoms with E-state index in [1.54, 1.807) is 6.92 Å². The van der Waals surface area contributed by atoms with Gasteiger partial charge >= 0.3 is 5.97 Å². The first kappa shape index (κ1) is 14.4. The van der Waals surface area contributed by atoms with Gasteiger partial charge in [-0.2, -0.15) is 0 Å². The third kappa shape index (κ3) is 2.40. The SMILES string of the molecule is CC1(C(=O)O)CCCCN1C(=O)C1CC(=O)N(C2CC2)C1. The van der Waals surface area contributed by atoms with Crippen LogP contribution in [-0.2, 0) is 14.4 Å². The van der Waals surface area contributed by atoms with Crippen molar-refractivity contribution in [2.45, 2.75) is 57.0 Å². The predicted molar refractivity (Wildman–Crippen MR) is 74.4 cm³/mol. The molecule has 1 saturated carbocycles. The molecule has 1 aliphatic carbocycles. The molecule has 3 rings (SSSR count). The lowest BCUT2D eigenvalue weighted by molar-refractivity contribution is -0.162. The van der Waals surface area contributed by atoms with Crippen molar-refractivity contribution < 1.29 is 19.5 Å². The van der Waals surface area contributed by atoms with Crippen molar-refractivity contribution >= 4 is 17.8 Å². The number of carbonyl (C=O) groups excluding carboxylic acids is 2. The summed E-state index contributed by atoms with van der Waals surface area (Å²) in [6, 6.07) is 0.322. The van der Waals surface area contributed by atoms with Crippen LogP contribution in [-0.4, -0.2) is 57.4 Å². The molecule has 21 heavy (non-hydrogen) atoms. The van der Waals surface area contributed by atoms with Crippen LogP contribution in [0.25, 0.3) is 0 Å². The van der Waals surface area contributed by atoms with E-state index in [-0.39, 0.29) is 24.2 Å². The van der Waals surface area contributed by atoms with Gasteiger partial charge in [-0.3, -0.25) is 9.59 Å². The number of nitrogens with zero attached hydrogens (tertiary/aromatic N) is 2. The normalized spacial score (nSPS) is 33.4. The molecule has 2 amide bonds. The van der Waals surface area contributed by atoms with E-state index in [1.165, 1.54) is 4.90 Å².